The first-order valence-corrected chi connectivity index (χ1v) is 9.98. The van der Waals surface area contributed by atoms with Crippen molar-refractivity contribution in [2.45, 2.75) is 6.92 Å². The first-order chi connectivity index (χ1) is 13.5. The Morgan fingerprint density at radius 2 is 2.07 bits per heavy atom. The minimum absolute atomic E-state index is 0.00724. The molecule has 1 amide bonds. The van der Waals surface area contributed by atoms with E-state index in [4.69, 9.17) is 10.1 Å². The number of nitrogens with one attached hydrogen (secondary N) is 1. The standard InChI is InChI=1S/C20H15BrN4O2S/c1-11-4-3-5-12(8-11)19-24-25-17(22)15(18(26)23-20(25)28-19)10-13-9-14(21)6-7-16(13)27-2/h3-10,22H,1-2H3. The summed E-state index contributed by atoms with van der Waals surface area (Å²) in [5.74, 6) is 0.129. The number of aryl methyl sites for hydroxylation is 1. The van der Waals surface area contributed by atoms with Crippen LogP contribution >= 0.6 is 27.7 Å². The number of rotatable bonds is 3. The summed E-state index contributed by atoms with van der Waals surface area (Å²) in [6, 6.07) is 13.4. The molecular formula is C20H15BrN4O2S. The molecule has 1 N–H and O–H groups in total. The van der Waals surface area contributed by atoms with Crippen molar-refractivity contribution >= 4 is 55.7 Å². The van der Waals surface area contributed by atoms with Crippen molar-refractivity contribution in [3.05, 3.63) is 69.2 Å². The number of ether oxygens (including phenoxy) is 1. The van der Waals surface area contributed by atoms with Crippen molar-refractivity contribution < 1.29 is 9.53 Å². The van der Waals surface area contributed by atoms with Gasteiger partial charge in [-0.25, -0.2) is 0 Å². The molecule has 0 bridgehead atoms. The van der Waals surface area contributed by atoms with Crippen molar-refractivity contribution in [1.82, 2.24) is 5.01 Å². The number of amidine groups is 2. The molecule has 0 fully saturated rings. The van der Waals surface area contributed by atoms with Crippen LogP contribution in [-0.4, -0.2) is 34.1 Å². The second kappa shape index (κ2) is 7.37. The van der Waals surface area contributed by atoms with Crippen LogP contribution < -0.4 is 4.74 Å². The van der Waals surface area contributed by atoms with Gasteiger partial charge < -0.3 is 4.74 Å². The molecule has 0 saturated carbocycles. The molecule has 28 heavy (non-hydrogen) atoms. The fourth-order valence-corrected chi connectivity index (χ4v) is 4.13. The van der Waals surface area contributed by atoms with Crippen LogP contribution in [-0.2, 0) is 4.79 Å². The monoisotopic (exact) mass is 454 g/mol. The average molecular weight is 455 g/mol. The van der Waals surface area contributed by atoms with Crippen LogP contribution in [0.1, 0.15) is 16.7 Å². The number of benzene rings is 2. The molecule has 8 heteroatoms. The number of halogens is 1. The molecule has 0 spiro atoms. The third kappa shape index (κ3) is 3.41. The van der Waals surface area contributed by atoms with Crippen LogP contribution in [0.4, 0.5) is 0 Å². The van der Waals surface area contributed by atoms with Gasteiger partial charge >= 0.3 is 0 Å². The summed E-state index contributed by atoms with van der Waals surface area (Å²) >= 11 is 4.71. The Kier molecular flexibility index (Phi) is 4.91. The van der Waals surface area contributed by atoms with Crippen molar-refractivity contribution in [1.29, 1.82) is 5.41 Å². The number of thioether (sulfide) groups is 1. The first-order valence-electron chi connectivity index (χ1n) is 8.37. The van der Waals surface area contributed by atoms with Crippen molar-refractivity contribution in [3.63, 3.8) is 0 Å². The molecule has 2 aliphatic heterocycles. The Morgan fingerprint density at radius 1 is 1.25 bits per heavy atom. The van der Waals surface area contributed by atoms with Crippen molar-refractivity contribution in [3.8, 4) is 5.75 Å². The molecule has 2 heterocycles. The molecule has 0 saturated heterocycles. The van der Waals surface area contributed by atoms with Gasteiger partial charge in [0.2, 0.25) is 5.17 Å². The molecule has 140 valence electrons. The van der Waals surface area contributed by atoms with E-state index in [-0.39, 0.29) is 11.4 Å². The van der Waals surface area contributed by atoms with Gasteiger partial charge in [0.1, 0.15) is 10.8 Å². The summed E-state index contributed by atoms with van der Waals surface area (Å²) in [6.45, 7) is 2.01. The summed E-state index contributed by atoms with van der Waals surface area (Å²) in [4.78, 5) is 16.7. The van der Waals surface area contributed by atoms with Crippen LogP contribution in [0, 0.1) is 12.3 Å². The molecule has 0 atom stereocenters. The number of aliphatic imine (C=N–C) groups is 1. The number of hydrogen-bond donors (Lipinski definition) is 1. The lowest BCUT2D eigenvalue weighted by Gasteiger charge is -2.20. The first kappa shape index (κ1) is 18.6. The van der Waals surface area contributed by atoms with E-state index in [1.807, 2.05) is 43.3 Å². The highest BCUT2D eigenvalue weighted by atomic mass is 79.9. The Balaban J connectivity index is 1.73. The van der Waals surface area contributed by atoms with E-state index in [9.17, 15) is 4.79 Å². The second-order valence-corrected chi connectivity index (χ2v) is 8.05. The highest BCUT2D eigenvalue weighted by molar-refractivity contribution is 9.10. The van der Waals surface area contributed by atoms with Gasteiger partial charge in [0.05, 0.1) is 12.7 Å². The van der Waals surface area contributed by atoms with Crippen LogP contribution in [0.5, 0.6) is 5.75 Å². The van der Waals surface area contributed by atoms with Gasteiger partial charge in [-0.3, -0.25) is 10.2 Å². The molecule has 4 rings (SSSR count). The largest absolute Gasteiger partial charge is 0.496 e. The molecule has 0 unspecified atom stereocenters. The number of fused-ring (bicyclic) bond motifs is 1. The maximum atomic E-state index is 12.6. The van der Waals surface area contributed by atoms with Crippen molar-refractivity contribution in [2.75, 3.05) is 7.11 Å². The Hall–Kier alpha value is -2.71. The van der Waals surface area contributed by atoms with E-state index in [1.54, 1.807) is 19.3 Å². The SMILES string of the molecule is COc1ccc(Br)cc1C=C1C(=N)N2N=C(c3cccc(C)c3)SC2=NC1=O. The van der Waals surface area contributed by atoms with E-state index in [2.05, 4.69) is 26.0 Å². The van der Waals surface area contributed by atoms with Gasteiger partial charge in [0, 0.05) is 15.6 Å². The van der Waals surface area contributed by atoms with E-state index >= 15 is 0 Å². The third-order valence-electron chi connectivity index (χ3n) is 4.21. The molecule has 0 aromatic heterocycles. The summed E-state index contributed by atoms with van der Waals surface area (Å²) in [6.07, 6.45) is 1.61. The number of carbonyl (C=O) groups is 1. The fraction of sp³-hybridized carbons (Fsp3) is 0.100. The normalized spacial score (nSPS) is 17.5. The lowest BCUT2D eigenvalue weighted by molar-refractivity contribution is -0.114. The molecule has 2 aliphatic rings. The zero-order valence-corrected chi connectivity index (χ0v) is 17.5. The lowest BCUT2D eigenvalue weighted by atomic mass is 10.1. The van der Waals surface area contributed by atoms with E-state index in [1.165, 1.54) is 16.8 Å². The molecule has 2 aromatic rings. The topological polar surface area (TPSA) is 78.1 Å². The Bertz CT molecular complexity index is 1110. The van der Waals surface area contributed by atoms with Gasteiger partial charge in [0.15, 0.2) is 5.84 Å². The highest BCUT2D eigenvalue weighted by Crippen LogP contribution is 2.32. The molecule has 6 nitrogen and oxygen atoms in total. The Labute approximate surface area is 174 Å². The summed E-state index contributed by atoms with van der Waals surface area (Å²) in [7, 11) is 1.56. The van der Waals surface area contributed by atoms with Crippen LogP contribution in [0.2, 0.25) is 0 Å². The van der Waals surface area contributed by atoms with Gasteiger partial charge in [-0.15, -0.1) is 0 Å². The predicted molar refractivity (Wildman–Crippen MR) is 116 cm³/mol. The quantitative estimate of drug-likeness (QED) is 0.695. The zero-order valence-electron chi connectivity index (χ0n) is 15.1. The van der Waals surface area contributed by atoms with Gasteiger partial charge in [-0.05, 0) is 49.0 Å². The number of hydrazone groups is 1. The number of hydrogen-bond acceptors (Lipinski definition) is 5. The molecular weight excluding hydrogens is 440 g/mol. The van der Waals surface area contributed by atoms with E-state index in [0.717, 1.165) is 15.6 Å². The minimum Gasteiger partial charge on any atom is -0.496 e. The van der Waals surface area contributed by atoms with E-state index in [0.29, 0.717) is 21.5 Å². The zero-order chi connectivity index (χ0) is 19.8. The third-order valence-corrected chi connectivity index (χ3v) is 5.66. The predicted octanol–water partition coefficient (Wildman–Crippen LogP) is 4.43. The number of nitrogens with zero attached hydrogens (tertiary/aromatic N) is 3. The minimum atomic E-state index is -0.466. The maximum absolute atomic E-state index is 12.6. The molecule has 0 aliphatic carbocycles. The number of amides is 1. The van der Waals surface area contributed by atoms with Crippen LogP contribution in [0.3, 0.4) is 0 Å². The Morgan fingerprint density at radius 3 is 2.82 bits per heavy atom. The van der Waals surface area contributed by atoms with Gasteiger partial charge in [-0.2, -0.15) is 15.1 Å². The highest BCUT2D eigenvalue weighted by Gasteiger charge is 2.36. The van der Waals surface area contributed by atoms with E-state index < -0.39 is 5.91 Å². The molecule has 2 aromatic carbocycles. The van der Waals surface area contributed by atoms with Crippen molar-refractivity contribution in [2.24, 2.45) is 10.1 Å². The van der Waals surface area contributed by atoms with Gasteiger partial charge in [0.25, 0.3) is 5.91 Å². The number of carbonyl (C=O) groups excluding carboxylic acids is 1. The van der Waals surface area contributed by atoms with Gasteiger partial charge in [-0.1, -0.05) is 39.7 Å². The summed E-state index contributed by atoms with van der Waals surface area (Å²) in [5, 5.41) is 15.5. The fourth-order valence-electron chi connectivity index (χ4n) is 2.86. The summed E-state index contributed by atoms with van der Waals surface area (Å²) < 4.78 is 6.20. The van der Waals surface area contributed by atoms with Crippen LogP contribution in [0.25, 0.3) is 6.08 Å². The lowest BCUT2D eigenvalue weighted by Crippen LogP contribution is -2.35. The number of methoxy groups -OCH3 is 1. The summed E-state index contributed by atoms with van der Waals surface area (Å²) in [5.41, 5.74) is 2.89. The molecule has 0 radical (unpaired) electrons. The van der Waals surface area contributed by atoms with Crippen LogP contribution in [0.15, 0.2) is 62.6 Å². The smallest absolute Gasteiger partial charge is 0.283 e. The second-order valence-electron chi connectivity index (χ2n) is 6.18. The average Bonchev–Trinajstić information content (AvgIpc) is 3.09. The maximum Gasteiger partial charge on any atom is 0.283 e.